The third-order valence-electron chi connectivity index (χ3n) is 3.61. The molecule has 0 spiro atoms. The van der Waals surface area contributed by atoms with E-state index in [1.165, 1.54) is 12.1 Å². The second kappa shape index (κ2) is 5.05. The van der Waals surface area contributed by atoms with Crippen LogP contribution in [-0.2, 0) is 0 Å². The summed E-state index contributed by atoms with van der Waals surface area (Å²) in [6.07, 6.45) is 1.60. The third kappa shape index (κ3) is 2.40. The molecule has 4 heteroatoms. The van der Waals surface area contributed by atoms with Crippen LogP contribution in [0, 0.1) is 19.7 Å². The van der Waals surface area contributed by atoms with Crippen LogP contribution < -0.4 is 5.32 Å². The summed E-state index contributed by atoms with van der Waals surface area (Å²) in [7, 11) is 0. The SMILES string of the molecule is Cc1cccc(C)c1NC(=O)c1c[nH]c2cc(F)ccc12. The first kappa shape index (κ1) is 13.4. The van der Waals surface area contributed by atoms with E-state index in [4.69, 9.17) is 0 Å². The molecule has 106 valence electrons. The summed E-state index contributed by atoms with van der Waals surface area (Å²) in [5.41, 5.74) is 3.96. The van der Waals surface area contributed by atoms with Crippen molar-refractivity contribution >= 4 is 22.5 Å². The Labute approximate surface area is 121 Å². The summed E-state index contributed by atoms with van der Waals surface area (Å²) in [6, 6.07) is 10.2. The van der Waals surface area contributed by atoms with Gasteiger partial charge in [0.05, 0.1) is 5.56 Å². The van der Waals surface area contributed by atoms with E-state index < -0.39 is 0 Å². The topological polar surface area (TPSA) is 44.9 Å². The van der Waals surface area contributed by atoms with Crippen molar-refractivity contribution in [2.75, 3.05) is 5.32 Å². The number of aromatic amines is 1. The monoisotopic (exact) mass is 282 g/mol. The lowest BCUT2D eigenvalue weighted by Crippen LogP contribution is -2.13. The summed E-state index contributed by atoms with van der Waals surface area (Å²) in [6.45, 7) is 3.90. The fourth-order valence-corrected chi connectivity index (χ4v) is 2.48. The number of hydrogen-bond donors (Lipinski definition) is 2. The van der Waals surface area contributed by atoms with Crippen molar-refractivity contribution in [3.63, 3.8) is 0 Å². The maximum atomic E-state index is 13.2. The Kier molecular flexibility index (Phi) is 3.22. The molecule has 1 heterocycles. The van der Waals surface area contributed by atoms with Crippen molar-refractivity contribution in [1.82, 2.24) is 4.98 Å². The molecule has 0 radical (unpaired) electrons. The van der Waals surface area contributed by atoms with E-state index in [1.807, 2.05) is 32.0 Å². The number of aromatic nitrogens is 1. The Bertz CT molecular complexity index is 816. The number of benzene rings is 2. The zero-order chi connectivity index (χ0) is 15.0. The van der Waals surface area contributed by atoms with Crippen molar-refractivity contribution in [2.45, 2.75) is 13.8 Å². The van der Waals surface area contributed by atoms with Crippen LogP contribution in [0.1, 0.15) is 21.5 Å². The van der Waals surface area contributed by atoms with Crippen LogP contribution in [0.25, 0.3) is 10.9 Å². The highest BCUT2D eigenvalue weighted by molar-refractivity contribution is 6.13. The van der Waals surface area contributed by atoms with Gasteiger partial charge in [0.2, 0.25) is 0 Å². The van der Waals surface area contributed by atoms with Crippen LogP contribution in [0.5, 0.6) is 0 Å². The largest absolute Gasteiger partial charge is 0.360 e. The average Bonchev–Trinajstić information content (AvgIpc) is 2.85. The molecular weight excluding hydrogens is 267 g/mol. The normalized spacial score (nSPS) is 10.8. The van der Waals surface area contributed by atoms with Gasteiger partial charge in [0.25, 0.3) is 5.91 Å². The van der Waals surface area contributed by atoms with E-state index in [0.29, 0.717) is 16.5 Å². The molecule has 1 amide bonds. The lowest BCUT2D eigenvalue weighted by Gasteiger charge is -2.11. The van der Waals surface area contributed by atoms with Gasteiger partial charge in [-0.15, -0.1) is 0 Å². The van der Waals surface area contributed by atoms with Crippen LogP contribution in [0.3, 0.4) is 0 Å². The number of amides is 1. The van der Waals surface area contributed by atoms with Crippen molar-refractivity contribution in [2.24, 2.45) is 0 Å². The van der Waals surface area contributed by atoms with E-state index in [0.717, 1.165) is 16.8 Å². The van der Waals surface area contributed by atoms with Gasteiger partial charge < -0.3 is 10.3 Å². The second-order valence-corrected chi connectivity index (χ2v) is 5.11. The van der Waals surface area contributed by atoms with Crippen LogP contribution in [0.4, 0.5) is 10.1 Å². The van der Waals surface area contributed by atoms with E-state index >= 15 is 0 Å². The Morgan fingerprint density at radius 1 is 1.14 bits per heavy atom. The first-order valence-electron chi connectivity index (χ1n) is 6.70. The van der Waals surface area contributed by atoms with Crippen LogP contribution in [0.15, 0.2) is 42.6 Å². The molecule has 0 aliphatic carbocycles. The number of hydrogen-bond acceptors (Lipinski definition) is 1. The number of carbonyl (C=O) groups excluding carboxylic acids is 1. The zero-order valence-electron chi connectivity index (χ0n) is 11.8. The highest BCUT2D eigenvalue weighted by atomic mass is 19.1. The Balaban J connectivity index is 1.98. The van der Waals surface area contributed by atoms with Gasteiger partial charge in [-0.05, 0) is 43.2 Å². The van der Waals surface area contributed by atoms with Gasteiger partial charge in [-0.25, -0.2) is 4.39 Å². The van der Waals surface area contributed by atoms with Crippen LogP contribution >= 0.6 is 0 Å². The highest BCUT2D eigenvalue weighted by Gasteiger charge is 2.14. The predicted octanol–water partition coefficient (Wildman–Crippen LogP) is 4.18. The van der Waals surface area contributed by atoms with Crippen molar-refractivity contribution < 1.29 is 9.18 Å². The number of nitrogens with one attached hydrogen (secondary N) is 2. The first-order valence-corrected chi connectivity index (χ1v) is 6.70. The summed E-state index contributed by atoms with van der Waals surface area (Å²) >= 11 is 0. The summed E-state index contributed by atoms with van der Waals surface area (Å²) in [5, 5.41) is 3.64. The smallest absolute Gasteiger partial charge is 0.257 e. The highest BCUT2D eigenvalue weighted by Crippen LogP contribution is 2.23. The van der Waals surface area contributed by atoms with Crippen molar-refractivity contribution in [1.29, 1.82) is 0 Å². The van der Waals surface area contributed by atoms with E-state index in [9.17, 15) is 9.18 Å². The molecule has 1 aromatic heterocycles. The van der Waals surface area contributed by atoms with E-state index in [1.54, 1.807) is 12.3 Å². The molecule has 3 rings (SSSR count). The molecule has 0 saturated carbocycles. The van der Waals surface area contributed by atoms with Gasteiger partial charge in [-0.1, -0.05) is 18.2 Å². The van der Waals surface area contributed by atoms with Crippen molar-refractivity contribution in [3.05, 3.63) is 65.1 Å². The maximum Gasteiger partial charge on any atom is 0.257 e. The molecule has 3 nitrogen and oxygen atoms in total. The first-order chi connectivity index (χ1) is 10.1. The molecular formula is C17H15FN2O. The molecule has 0 atom stereocenters. The zero-order valence-corrected chi connectivity index (χ0v) is 11.8. The van der Waals surface area contributed by atoms with Crippen molar-refractivity contribution in [3.8, 4) is 0 Å². The number of rotatable bonds is 2. The number of H-pyrrole nitrogens is 1. The summed E-state index contributed by atoms with van der Waals surface area (Å²) in [5.74, 6) is -0.531. The molecule has 0 saturated heterocycles. The van der Waals surface area contributed by atoms with Crippen LogP contribution in [0.2, 0.25) is 0 Å². The van der Waals surface area contributed by atoms with Gasteiger partial charge in [-0.3, -0.25) is 4.79 Å². The molecule has 0 unspecified atom stereocenters. The summed E-state index contributed by atoms with van der Waals surface area (Å²) < 4.78 is 13.2. The lowest BCUT2D eigenvalue weighted by molar-refractivity contribution is 0.102. The van der Waals surface area contributed by atoms with Gasteiger partial charge in [0.15, 0.2) is 0 Å². The van der Waals surface area contributed by atoms with Gasteiger partial charge >= 0.3 is 0 Å². The Hall–Kier alpha value is -2.62. The minimum Gasteiger partial charge on any atom is -0.360 e. The molecule has 21 heavy (non-hydrogen) atoms. The maximum absolute atomic E-state index is 13.2. The number of carbonyl (C=O) groups is 1. The molecule has 0 aliphatic heterocycles. The molecule has 2 N–H and O–H groups in total. The van der Waals surface area contributed by atoms with Crippen LogP contribution in [-0.4, -0.2) is 10.9 Å². The number of halogens is 1. The molecule has 2 aromatic carbocycles. The fourth-order valence-electron chi connectivity index (χ4n) is 2.48. The number of para-hydroxylation sites is 1. The number of fused-ring (bicyclic) bond motifs is 1. The number of anilines is 1. The van der Waals surface area contributed by atoms with Gasteiger partial charge in [-0.2, -0.15) is 0 Å². The van der Waals surface area contributed by atoms with Gasteiger partial charge in [0.1, 0.15) is 5.82 Å². The third-order valence-corrected chi connectivity index (χ3v) is 3.61. The molecule has 3 aromatic rings. The number of aryl methyl sites for hydroxylation is 2. The lowest BCUT2D eigenvalue weighted by atomic mass is 10.1. The quantitative estimate of drug-likeness (QED) is 0.727. The fraction of sp³-hybridized carbons (Fsp3) is 0.118. The standard InChI is InChI=1S/C17H15FN2O/c1-10-4-3-5-11(2)16(10)20-17(21)14-9-19-15-8-12(18)6-7-13(14)15/h3-9,19H,1-2H3,(H,20,21). The Morgan fingerprint density at radius 2 is 1.86 bits per heavy atom. The minimum atomic E-state index is -0.328. The van der Waals surface area contributed by atoms with E-state index in [-0.39, 0.29) is 11.7 Å². The molecule has 0 aliphatic rings. The minimum absolute atomic E-state index is 0.203. The molecule has 0 bridgehead atoms. The summed E-state index contributed by atoms with van der Waals surface area (Å²) in [4.78, 5) is 15.4. The Morgan fingerprint density at radius 3 is 2.57 bits per heavy atom. The average molecular weight is 282 g/mol. The molecule has 0 fully saturated rings. The second-order valence-electron chi connectivity index (χ2n) is 5.11. The van der Waals surface area contributed by atoms with E-state index in [2.05, 4.69) is 10.3 Å². The van der Waals surface area contributed by atoms with Gasteiger partial charge in [0, 0.05) is 22.8 Å². The predicted molar refractivity (Wildman–Crippen MR) is 82.1 cm³/mol.